The van der Waals surface area contributed by atoms with E-state index in [4.69, 9.17) is 4.84 Å². The first-order valence-corrected chi connectivity index (χ1v) is 10.1. The number of carbonyl (C=O) groups is 2. The van der Waals surface area contributed by atoms with Crippen LogP contribution in [0.25, 0.3) is 0 Å². The Morgan fingerprint density at radius 1 is 0.938 bits per heavy atom. The van der Waals surface area contributed by atoms with Crippen LogP contribution in [0, 0.1) is 20.8 Å². The summed E-state index contributed by atoms with van der Waals surface area (Å²) >= 11 is 0. The van der Waals surface area contributed by atoms with Gasteiger partial charge in [-0.2, -0.15) is 0 Å². The van der Waals surface area contributed by atoms with Crippen molar-refractivity contribution in [3.63, 3.8) is 0 Å². The van der Waals surface area contributed by atoms with Gasteiger partial charge >= 0.3 is 11.7 Å². The number of amidine groups is 1. The molecule has 7 heteroatoms. The van der Waals surface area contributed by atoms with Crippen LogP contribution in [0.4, 0.5) is 0 Å². The average molecular weight is 429 g/mol. The standard InChI is InChI=1S/C25H23N3O4/c1-16-14-17(2)21(18(3)15-16)22-27-32-25(24(30)31,20-12-8-5-9-13-20)28(22)26-23(29)19-10-6-4-7-11-19/h4-15H,1-3H3,(H,26,29)(H,30,31). The van der Waals surface area contributed by atoms with Gasteiger partial charge in [0.05, 0.1) is 0 Å². The van der Waals surface area contributed by atoms with Crippen molar-refractivity contribution >= 4 is 17.7 Å². The van der Waals surface area contributed by atoms with Crippen molar-refractivity contribution in [2.45, 2.75) is 26.5 Å². The smallest absolute Gasteiger partial charge is 0.379 e. The number of nitrogens with zero attached hydrogens (tertiary/aromatic N) is 2. The van der Waals surface area contributed by atoms with E-state index in [1.165, 1.54) is 5.01 Å². The van der Waals surface area contributed by atoms with Gasteiger partial charge in [0, 0.05) is 16.7 Å². The number of hydrazine groups is 1. The molecule has 3 aromatic carbocycles. The van der Waals surface area contributed by atoms with Crippen LogP contribution in [-0.4, -0.2) is 27.8 Å². The van der Waals surface area contributed by atoms with Crippen LogP contribution in [0.3, 0.4) is 0 Å². The maximum absolute atomic E-state index is 13.1. The van der Waals surface area contributed by atoms with Crippen LogP contribution in [0.5, 0.6) is 0 Å². The fraction of sp³-hybridized carbons (Fsp3) is 0.160. The summed E-state index contributed by atoms with van der Waals surface area (Å²) in [6, 6.07) is 21.0. The number of amides is 1. The zero-order chi connectivity index (χ0) is 22.9. The monoisotopic (exact) mass is 429 g/mol. The predicted octanol–water partition coefficient (Wildman–Crippen LogP) is 3.89. The summed E-state index contributed by atoms with van der Waals surface area (Å²) in [6.07, 6.45) is 0. The minimum Gasteiger partial charge on any atom is -0.476 e. The molecule has 2 N–H and O–H groups in total. The van der Waals surface area contributed by atoms with Gasteiger partial charge < -0.3 is 9.94 Å². The summed E-state index contributed by atoms with van der Waals surface area (Å²) in [4.78, 5) is 31.4. The molecule has 1 atom stereocenters. The maximum Gasteiger partial charge on any atom is 0.379 e. The Morgan fingerprint density at radius 2 is 1.50 bits per heavy atom. The second-order valence-electron chi connectivity index (χ2n) is 7.74. The molecule has 0 bridgehead atoms. The topological polar surface area (TPSA) is 91.2 Å². The minimum atomic E-state index is -2.06. The lowest BCUT2D eigenvalue weighted by Crippen LogP contribution is -2.59. The van der Waals surface area contributed by atoms with Crippen molar-refractivity contribution in [1.29, 1.82) is 0 Å². The molecule has 0 fully saturated rings. The number of carboxylic acids is 1. The predicted molar refractivity (Wildman–Crippen MR) is 120 cm³/mol. The highest BCUT2D eigenvalue weighted by Gasteiger charge is 2.56. The van der Waals surface area contributed by atoms with Crippen LogP contribution in [-0.2, 0) is 15.4 Å². The van der Waals surface area contributed by atoms with E-state index < -0.39 is 17.6 Å². The van der Waals surface area contributed by atoms with Crippen molar-refractivity contribution in [2.24, 2.45) is 5.16 Å². The Labute approximate surface area is 185 Å². The van der Waals surface area contributed by atoms with Gasteiger partial charge in [-0.25, -0.2) is 9.80 Å². The summed E-state index contributed by atoms with van der Waals surface area (Å²) in [5, 5.41) is 15.7. The molecular formula is C25H23N3O4. The highest BCUT2D eigenvalue weighted by atomic mass is 16.7. The summed E-state index contributed by atoms with van der Waals surface area (Å²) in [5.74, 6) is -1.57. The number of hydrogen-bond acceptors (Lipinski definition) is 5. The zero-order valence-electron chi connectivity index (χ0n) is 18.0. The van der Waals surface area contributed by atoms with Crippen LogP contribution < -0.4 is 5.43 Å². The Balaban J connectivity index is 1.87. The number of nitrogens with one attached hydrogen (secondary N) is 1. The van der Waals surface area contributed by atoms with E-state index in [1.54, 1.807) is 60.7 Å². The van der Waals surface area contributed by atoms with E-state index in [-0.39, 0.29) is 5.84 Å². The van der Waals surface area contributed by atoms with Gasteiger partial charge in [-0.15, -0.1) is 0 Å². The van der Waals surface area contributed by atoms with E-state index >= 15 is 0 Å². The van der Waals surface area contributed by atoms with E-state index in [2.05, 4.69) is 10.6 Å². The molecule has 32 heavy (non-hydrogen) atoms. The van der Waals surface area contributed by atoms with E-state index in [0.717, 1.165) is 16.7 Å². The van der Waals surface area contributed by atoms with E-state index in [0.29, 0.717) is 16.7 Å². The number of carbonyl (C=O) groups excluding carboxylic acids is 1. The molecule has 1 unspecified atom stereocenters. The van der Waals surface area contributed by atoms with Crippen molar-refractivity contribution in [2.75, 3.05) is 0 Å². The molecular weight excluding hydrogens is 406 g/mol. The van der Waals surface area contributed by atoms with Crippen LogP contribution in [0.2, 0.25) is 0 Å². The van der Waals surface area contributed by atoms with Gasteiger partial charge in [0.25, 0.3) is 5.91 Å². The number of oxime groups is 1. The van der Waals surface area contributed by atoms with Gasteiger partial charge in [-0.3, -0.25) is 10.2 Å². The molecule has 0 saturated carbocycles. The van der Waals surface area contributed by atoms with Crippen LogP contribution in [0.1, 0.15) is 38.2 Å². The lowest BCUT2D eigenvalue weighted by atomic mass is 9.96. The lowest BCUT2D eigenvalue weighted by molar-refractivity contribution is -0.186. The molecule has 0 saturated heterocycles. The molecule has 162 valence electrons. The lowest BCUT2D eigenvalue weighted by Gasteiger charge is -2.34. The van der Waals surface area contributed by atoms with E-state index in [9.17, 15) is 14.7 Å². The third-order valence-electron chi connectivity index (χ3n) is 5.40. The van der Waals surface area contributed by atoms with Crippen molar-refractivity contribution in [1.82, 2.24) is 10.4 Å². The third-order valence-corrected chi connectivity index (χ3v) is 5.40. The molecule has 3 aromatic rings. The highest BCUT2D eigenvalue weighted by molar-refractivity contribution is 6.06. The van der Waals surface area contributed by atoms with Crippen LogP contribution >= 0.6 is 0 Å². The fourth-order valence-electron chi connectivity index (χ4n) is 4.02. The molecule has 0 radical (unpaired) electrons. The molecule has 0 spiro atoms. The molecule has 1 heterocycles. The second-order valence-corrected chi connectivity index (χ2v) is 7.74. The molecule has 1 amide bonds. The molecule has 1 aliphatic heterocycles. The molecule has 4 rings (SSSR count). The van der Waals surface area contributed by atoms with Gasteiger partial charge in [0.1, 0.15) is 0 Å². The van der Waals surface area contributed by atoms with Crippen LogP contribution in [0.15, 0.2) is 78.0 Å². The zero-order valence-corrected chi connectivity index (χ0v) is 18.0. The Kier molecular flexibility index (Phi) is 5.40. The number of benzene rings is 3. The second kappa shape index (κ2) is 8.19. The van der Waals surface area contributed by atoms with Crippen molar-refractivity contribution in [3.8, 4) is 0 Å². The molecule has 0 aromatic heterocycles. The molecule has 0 aliphatic carbocycles. The first-order chi connectivity index (χ1) is 15.3. The minimum absolute atomic E-state index is 0.218. The van der Waals surface area contributed by atoms with Gasteiger partial charge in [-0.05, 0) is 44.0 Å². The number of aliphatic carboxylic acids is 1. The number of carboxylic acid groups (broad SMARTS) is 1. The average Bonchev–Trinajstić information content (AvgIpc) is 3.14. The Hall–Kier alpha value is -4.13. The Bertz CT molecular complexity index is 1190. The van der Waals surface area contributed by atoms with Gasteiger partial charge in [0.2, 0.25) is 0 Å². The summed E-state index contributed by atoms with van der Waals surface area (Å²) < 4.78 is 0. The summed E-state index contributed by atoms with van der Waals surface area (Å²) in [6.45, 7) is 5.81. The third kappa shape index (κ3) is 3.47. The van der Waals surface area contributed by atoms with E-state index in [1.807, 2.05) is 32.9 Å². The maximum atomic E-state index is 13.1. The number of aryl methyl sites for hydroxylation is 3. The summed E-state index contributed by atoms with van der Waals surface area (Å²) in [5.41, 5.74) is 4.91. The molecule has 1 aliphatic rings. The highest BCUT2D eigenvalue weighted by Crippen LogP contribution is 2.37. The van der Waals surface area contributed by atoms with Gasteiger partial charge in [-0.1, -0.05) is 71.4 Å². The SMILES string of the molecule is Cc1cc(C)c(C2=NOC(C(=O)O)(c3ccccc3)N2NC(=O)c2ccccc2)c(C)c1. The van der Waals surface area contributed by atoms with Crippen molar-refractivity contribution in [3.05, 3.63) is 106 Å². The quantitative estimate of drug-likeness (QED) is 0.642. The fourth-order valence-corrected chi connectivity index (χ4v) is 4.02. The molecule has 7 nitrogen and oxygen atoms in total. The number of hydrogen-bond donors (Lipinski definition) is 2. The number of rotatable bonds is 5. The first-order valence-electron chi connectivity index (χ1n) is 10.1. The van der Waals surface area contributed by atoms with Gasteiger partial charge in [0.15, 0.2) is 5.84 Å². The van der Waals surface area contributed by atoms with Crippen molar-refractivity contribution < 1.29 is 19.5 Å². The largest absolute Gasteiger partial charge is 0.476 e. The summed E-state index contributed by atoms with van der Waals surface area (Å²) in [7, 11) is 0. The normalized spacial score (nSPS) is 17.5. The Morgan fingerprint density at radius 3 is 2.06 bits per heavy atom. The first kappa shape index (κ1) is 21.1.